The molecule has 20 heavy (non-hydrogen) atoms. The van der Waals surface area contributed by atoms with Gasteiger partial charge in [0, 0.05) is 5.56 Å². The second-order valence-electron chi connectivity index (χ2n) is 4.34. The average molecular weight is 301 g/mol. The zero-order valence-corrected chi connectivity index (χ0v) is 11.3. The minimum absolute atomic E-state index is 0.0388. The molecule has 0 aliphatic heterocycles. The van der Waals surface area contributed by atoms with Gasteiger partial charge in [0.15, 0.2) is 11.6 Å². The maximum Gasteiger partial charge on any atom is 0.164 e. The number of hydrazine groups is 1. The van der Waals surface area contributed by atoms with Crippen molar-refractivity contribution in [2.45, 2.75) is 13.0 Å². The molecule has 1 atom stereocenters. The van der Waals surface area contributed by atoms with Gasteiger partial charge in [-0.25, -0.2) is 18.6 Å². The Morgan fingerprint density at radius 3 is 2.40 bits per heavy atom. The van der Waals surface area contributed by atoms with Crippen LogP contribution in [0, 0.1) is 24.4 Å². The van der Waals surface area contributed by atoms with E-state index in [1.807, 2.05) is 0 Å². The second kappa shape index (κ2) is 5.83. The van der Waals surface area contributed by atoms with Gasteiger partial charge in [-0.1, -0.05) is 35.9 Å². The first-order valence-electron chi connectivity index (χ1n) is 5.82. The lowest BCUT2D eigenvalue weighted by atomic mass is 9.97. The molecule has 6 heteroatoms. The maximum atomic E-state index is 14.0. The van der Waals surface area contributed by atoms with Gasteiger partial charge in [0.2, 0.25) is 0 Å². The summed E-state index contributed by atoms with van der Waals surface area (Å²) in [4.78, 5) is 0. The van der Waals surface area contributed by atoms with Gasteiger partial charge in [0.1, 0.15) is 5.82 Å². The third-order valence-corrected chi connectivity index (χ3v) is 3.47. The monoisotopic (exact) mass is 300 g/mol. The summed E-state index contributed by atoms with van der Waals surface area (Å²) in [5.74, 6) is 2.74. The normalized spacial score (nSPS) is 12.5. The van der Waals surface area contributed by atoms with Gasteiger partial charge in [-0.15, -0.1) is 0 Å². The molecule has 1 unspecified atom stereocenters. The molecule has 0 saturated carbocycles. The molecule has 0 fully saturated rings. The van der Waals surface area contributed by atoms with E-state index in [9.17, 15) is 13.2 Å². The van der Waals surface area contributed by atoms with E-state index < -0.39 is 23.5 Å². The largest absolute Gasteiger partial charge is 0.271 e. The molecule has 0 radical (unpaired) electrons. The summed E-state index contributed by atoms with van der Waals surface area (Å²) >= 11 is 5.85. The predicted octanol–water partition coefficient (Wildman–Crippen LogP) is 3.62. The first kappa shape index (κ1) is 14.8. The third-order valence-electron chi connectivity index (χ3n) is 3.08. The van der Waals surface area contributed by atoms with Crippen molar-refractivity contribution in [3.8, 4) is 0 Å². The number of rotatable bonds is 3. The zero-order valence-electron chi connectivity index (χ0n) is 10.6. The SMILES string of the molecule is Cc1ccc(C(NN)c2cccc(F)c2Cl)c(F)c1F. The molecule has 2 nitrogen and oxygen atoms in total. The van der Waals surface area contributed by atoms with Gasteiger partial charge in [-0.2, -0.15) is 0 Å². The van der Waals surface area contributed by atoms with Crippen LogP contribution in [0.5, 0.6) is 0 Å². The number of aryl methyl sites for hydroxylation is 1. The molecule has 0 bridgehead atoms. The Hall–Kier alpha value is -1.56. The highest BCUT2D eigenvalue weighted by molar-refractivity contribution is 6.31. The average Bonchev–Trinajstić information content (AvgIpc) is 2.44. The Balaban J connectivity index is 2.59. The summed E-state index contributed by atoms with van der Waals surface area (Å²) in [6.45, 7) is 1.45. The van der Waals surface area contributed by atoms with E-state index >= 15 is 0 Å². The lowest BCUT2D eigenvalue weighted by Crippen LogP contribution is -2.30. The fourth-order valence-corrected chi connectivity index (χ4v) is 2.21. The van der Waals surface area contributed by atoms with Gasteiger partial charge in [-0.3, -0.25) is 5.84 Å². The lowest BCUT2D eigenvalue weighted by molar-refractivity contribution is 0.478. The fraction of sp³-hybridized carbons (Fsp3) is 0.143. The van der Waals surface area contributed by atoms with Crippen LogP contribution >= 0.6 is 11.6 Å². The van der Waals surface area contributed by atoms with Crippen molar-refractivity contribution in [1.29, 1.82) is 0 Å². The van der Waals surface area contributed by atoms with Gasteiger partial charge < -0.3 is 0 Å². The summed E-state index contributed by atoms with van der Waals surface area (Å²) < 4.78 is 41.1. The Morgan fingerprint density at radius 1 is 1.05 bits per heavy atom. The highest BCUT2D eigenvalue weighted by Gasteiger charge is 2.23. The molecule has 0 saturated heterocycles. The van der Waals surface area contributed by atoms with Crippen LogP contribution < -0.4 is 11.3 Å². The number of hydrogen-bond acceptors (Lipinski definition) is 2. The van der Waals surface area contributed by atoms with E-state index in [-0.39, 0.29) is 21.7 Å². The fourth-order valence-electron chi connectivity index (χ4n) is 1.97. The molecule has 0 aromatic heterocycles. The van der Waals surface area contributed by atoms with Gasteiger partial charge in [0.05, 0.1) is 11.1 Å². The second-order valence-corrected chi connectivity index (χ2v) is 4.72. The zero-order chi connectivity index (χ0) is 14.9. The van der Waals surface area contributed by atoms with Crippen molar-refractivity contribution in [1.82, 2.24) is 5.43 Å². The van der Waals surface area contributed by atoms with Crippen molar-refractivity contribution >= 4 is 11.6 Å². The molecule has 2 aromatic carbocycles. The van der Waals surface area contributed by atoms with Crippen molar-refractivity contribution in [3.63, 3.8) is 0 Å². The molecule has 106 valence electrons. The van der Waals surface area contributed by atoms with Crippen molar-refractivity contribution in [2.75, 3.05) is 0 Å². The Kier molecular flexibility index (Phi) is 4.32. The molecular weight excluding hydrogens is 289 g/mol. The van der Waals surface area contributed by atoms with Crippen LogP contribution in [0.25, 0.3) is 0 Å². The minimum atomic E-state index is -1.03. The summed E-state index contributed by atoms with van der Waals surface area (Å²) in [7, 11) is 0. The number of benzene rings is 2. The van der Waals surface area contributed by atoms with Crippen LogP contribution in [0.2, 0.25) is 5.02 Å². The van der Waals surface area contributed by atoms with E-state index in [2.05, 4.69) is 5.43 Å². The van der Waals surface area contributed by atoms with E-state index in [0.29, 0.717) is 0 Å². The standard InChI is InChI=1S/C14H12ClF3N2/c1-7-5-6-9(13(18)12(7)17)14(20-19)8-3-2-4-10(16)11(8)15/h2-6,14,20H,19H2,1H3. The molecule has 0 aliphatic carbocycles. The van der Waals surface area contributed by atoms with Gasteiger partial charge >= 0.3 is 0 Å². The lowest BCUT2D eigenvalue weighted by Gasteiger charge is -2.19. The summed E-state index contributed by atoms with van der Waals surface area (Å²) in [5, 5.41) is -0.184. The summed E-state index contributed by atoms with van der Waals surface area (Å²) in [5.41, 5.74) is 2.70. The van der Waals surface area contributed by atoms with Crippen molar-refractivity contribution < 1.29 is 13.2 Å². The number of halogens is 4. The Labute approximate surface area is 119 Å². The number of nitrogens with one attached hydrogen (secondary N) is 1. The highest BCUT2D eigenvalue weighted by Crippen LogP contribution is 2.32. The van der Waals surface area contributed by atoms with Gasteiger partial charge in [-0.05, 0) is 24.1 Å². The molecule has 3 N–H and O–H groups in total. The number of hydrogen-bond donors (Lipinski definition) is 2. The van der Waals surface area contributed by atoms with Crippen LogP contribution in [-0.4, -0.2) is 0 Å². The van der Waals surface area contributed by atoms with Crippen molar-refractivity contribution in [3.05, 3.63) is 69.5 Å². The first-order chi connectivity index (χ1) is 9.47. The molecule has 2 aromatic rings. The smallest absolute Gasteiger partial charge is 0.164 e. The highest BCUT2D eigenvalue weighted by atomic mass is 35.5. The first-order valence-corrected chi connectivity index (χ1v) is 6.19. The maximum absolute atomic E-state index is 14.0. The molecule has 0 amide bonds. The summed E-state index contributed by atoms with van der Waals surface area (Å²) in [6, 6.07) is 5.94. The molecule has 0 heterocycles. The Morgan fingerprint density at radius 2 is 1.75 bits per heavy atom. The number of nitrogens with two attached hydrogens (primary N) is 1. The van der Waals surface area contributed by atoms with E-state index in [0.717, 1.165) is 0 Å². The predicted molar refractivity (Wildman–Crippen MR) is 71.7 cm³/mol. The van der Waals surface area contributed by atoms with Crippen LogP contribution in [0.1, 0.15) is 22.7 Å². The topological polar surface area (TPSA) is 38.0 Å². The van der Waals surface area contributed by atoms with Crippen LogP contribution in [0.15, 0.2) is 30.3 Å². The Bertz CT molecular complexity index is 647. The summed E-state index contributed by atoms with van der Waals surface area (Å²) in [6.07, 6.45) is 0. The van der Waals surface area contributed by atoms with Crippen LogP contribution in [-0.2, 0) is 0 Å². The molecule has 0 spiro atoms. The van der Waals surface area contributed by atoms with E-state index in [1.165, 1.54) is 37.3 Å². The quantitative estimate of drug-likeness (QED) is 0.671. The van der Waals surface area contributed by atoms with Gasteiger partial charge in [0.25, 0.3) is 0 Å². The molecule has 2 rings (SSSR count). The van der Waals surface area contributed by atoms with Crippen molar-refractivity contribution in [2.24, 2.45) is 5.84 Å². The third kappa shape index (κ3) is 2.52. The van der Waals surface area contributed by atoms with Crippen LogP contribution in [0.3, 0.4) is 0 Å². The molecular formula is C14H12ClF3N2. The minimum Gasteiger partial charge on any atom is -0.271 e. The molecule has 0 aliphatic rings. The van der Waals surface area contributed by atoms with Crippen LogP contribution in [0.4, 0.5) is 13.2 Å². The van der Waals surface area contributed by atoms with E-state index in [1.54, 1.807) is 0 Å². The van der Waals surface area contributed by atoms with E-state index in [4.69, 9.17) is 17.4 Å².